The zero-order valence-electron chi connectivity index (χ0n) is 22.0. The average molecular weight is 575 g/mol. The smallest absolute Gasteiger partial charge is 0.0536 e. The van der Waals surface area contributed by atoms with Crippen molar-refractivity contribution in [3.63, 3.8) is 0 Å². The number of hydrogen-bond donors (Lipinski definition) is 3. The maximum Gasteiger partial charge on any atom is 0.0536 e. The number of thiol groups is 3. The van der Waals surface area contributed by atoms with E-state index in [0.29, 0.717) is 31.5 Å². The van der Waals surface area contributed by atoms with Gasteiger partial charge in [-0.3, -0.25) is 0 Å². The fraction of sp³-hybridized carbons (Fsp3) is 1.00. The molecule has 0 fully saturated rings. The predicted molar refractivity (Wildman–Crippen MR) is 175 cm³/mol. The molecule has 32 heavy (non-hydrogen) atoms. The van der Waals surface area contributed by atoms with Crippen molar-refractivity contribution in [2.45, 2.75) is 136 Å². The highest BCUT2D eigenvalue weighted by Gasteiger charge is 2.31. The molecule has 6 atom stereocenters. The highest BCUT2D eigenvalue weighted by atomic mass is 32.2. The third-order valence-corrected chi connectivity index (χ3v) is 18.8. The number of hydrogen-bond acceptors (Lipinski definition) is 6. The maximum atomic E-state index is 4.65. The maximum absolute atomic E-state index is 4.65. The van der Waals surface area contributed by atoms with Crippen molar-refractivity contribution >= 4 is 81.2 Å². The van der Waals surface area contributed by atoms with Crippen molar-refractivity contribution < 1.29 is 0 Å². The van der Waals surface area contributed by atoms with E-state index in [9.17, 15) is 0 Å². The Hall–Kier alpha value is 2.32. The van der Waals surface area contributed by atoms with Crippen LogP contribution in [0.4, 0.5) is 0 Å². The van der Waals surface area contributed by atoms with Crippen LogP contribution in [0.2, 0.25) is 24.2 Å². The second-order valence-electron chi connectivity index (χ2n) is 9.86. The van der Waals surface area contributed by atoms with Crippen LogP contribution in [0, 0.1) is 0 Å². The minimum atomic E-state index is -1.21. The SMILES string of the molecule is CCCC[Si](CCCSC(C)C(C)S)(CCCSC(C)C(C)S)CCCSC(C)C(C)S. The summed E-state index contributed by atoms with van der Waals surface area (Å²) < 4.78 is 0. The van der Waals surface area contributed by atoms with Gasteiger partial charge in [0.2, 0.25) is 0 Å². The number of unbranched alkanes of at least 4 members (excludes halogenated alkanes) is 1. The van der Waals surface area contributed by atoms with Gasteiger partial charge >= 0.3 is 0 Å². The molecule has 0 N–H and O–H groups in total. The summed E-state index contributed by atoms with van der Waals surface area (Å²) in [7, 11) is -1.21. The molecule has 0 aromatic heterocycles. The first-order valence-corrected chi connectivity index (χ1v) is 20.5. The van der Waals surface area contributed by atoms with Crippen molar-refractivity contribution in [2.24, 2.45) is 0 Å². The fourth-order valence-corrected chi connectivity index (χ4v) is 13.7. The molecule has 6 unspecified atom stereocenters. The molecule has 0 aromatic carbocycles. The molecule has 0 heterocycles. The van der Waals surface area contributed by atoms with E-state index in [-0.39, 0.29) is 0 Å². The second-order valence-corrected chi connectivity index (χ2v) is 21.8. The van der Waals surface area contributed by atoms with Crippen LogP contribution in [0.1, 0.15) is 80.6 Å². The monoisotopic (exact) mass is 574 g/mol. The largest absolute Gasteiger partial charge is 0.175 e. The van der Waals surface area contributed by atoms with E-state index in [1.54, 1.807) is 24.2 Å². The van der Waals surface area contributed by atoms with Gasteiger partial charge in [0.1, 0.15) is 0 Å². The Morgan fingerprint density at radius 3 is 1.06 bits per heavy atom. The van der Waals surface area contributed by atoms with E-state index < -0.39 is 8.07 Å². The highest BCUT2D eigenvalue weighted by Crippen LogP contribution is 2.35. The number of thioether (sulfide) groups is 3. The molecule has 0 aliphatic heterocycles. The normalized spacial score (nSPS) is 19.7. The van der Waals surface area contributed by atoms with Crippen LogP contribution in [0.25, 0.3) is 0 Å². The van der Waals surface area contributed by atoms with Gasteiger partial charge in [0.15, 0.2) is 0 Å². The molecule has 7 heteroatoms. The van der Waals surface area contributed by atoms with E-state index >= 15 is 0 Å². The Morgan fingerprint density at radius 2 is 0.812 bits per heavy atom. The van der Waals surface area contributed by atoms with Crippen molar-refractivity contribution in [3.05, 3.63) is 0 Å². The molecule has 0 bridgehead atoms. The summed E-state index contributed by atoms with van der Waals surface area (Å²) >= 11 is 20.4. The molecule has 0 nitrogen and oxygen atoms in total. The fourth-order valence-electron chi connectivity index (χ4n) is 3.87. The van der Waals surface area contributed by atoms with Crippen LogP contribution >= 0.6 is 73.2 Å². The van der Waals surface area contributed by atoms with Gasteiger partial charge in [-0.25, -0.2) is 0 Å². The third kappa shape index (κ3) is 16.9. The van der Waals surface area contributed by atoms with Gasteiger partial charge in [-0.2, -0.15) is 73.2 Å². The first-order chi connectivity index (χ1) is 15.0. The topological polar surface area (TPSA) is 0 Å². The third-order valence-electron chi connectivity index (χ3n) is 6.80. The average Bonchev–Trinajstić information content (AvgIpc) is 2.74. The van der Waals surface area contributed by atoms with Crippen LogP contribution in [-0.4, -0.2) is 56.8 Å². The van der Waals surface area contributed by atoms with Crippen LogP contribution in [0.3, 0.4) is 0 Å². The van der Waals surface area contributed by atoms with E-state index in [0.717, 1.165) is 0 Å². The molecule has 0 aromatic rings. The van der Waals surface area contributed by atoms with Gasteiger partial charge in [0, 0.05) is 31.5 Å². The van der Waals surface area contributed by atoms with Gasteiger partial charge in [-0.1, -0.05) is 85.5 Å². The van der Waals surface area contributed by atoms with Crippen LogP contribution < -0.4 is 0 Å². The lowest BCUT2D eigenvalue weighted by Gasteiger charge is -2.33. The summed E-state index contributed by atoms with van der Waals surface area (Å²) in [6, 6.07) is 6.18. The molecule has 0 aliphatic carbocycles. The lowest BCUT2D eigenvalue weighted by Crippen LogP contribution is -2.34. The molecule has 0 rings (SSSR count). The zero-order chi connectivity index (χ0) is 24.6. The lowest BCUT2D eigenvalue weighted by atomic mass is 10.4. The molecule has 0 spiro atoms. The molecule has 0 aliphatic rings. The first kappa shape index (κ1) is 34.3. The summed E-state index contributed by atoms with van der Waals surface area (Å²) in [5.41, 5.74) is 0. The quantitative estimate of drug-likeness (QED) is 0.0709. The predicted octanol–water partition coefficient (Wildman–Crippen LogP) is 9.73. The molecule has 0 amide bonds. The second kappa shape index (κ2) is 20.4. The van der Waals surface area contributed by atoms with E-state index in [2.05, 4.69) is 122 Å². The van der Waals surface area contributed by atoms with Gasteiger partial charge in [-0.15, -0.1) is 0 Å². The van der Waals surface area contributed by atoms with Crippen molar-refractivity contribution in [1.82, 2.24) is 0 Å². The lowest BCUT2D eigenvalue weighted by molar-refractivity contribution is 0.823. The van der Waals surface area contributed by atoms with Gasteiger partial charge < -0.3 is 0 Å². The summed E-state index contributed by atoms with van der Waals surface area (Å²) in [4.78, 5) is 0. The minimum absolute atomic E-state index is 0.489. The Bertz CT molecular complexity index is 378. The molecule has 0 saturated carbocycles. The van der Waals surface area contributed by atoms with E-state index in [4.69, 9.17) is 0 Å². The molecular formula is C25H54S6Si. The Morgan fingerprint density at radius 1 is 0.531 bits per heavy atom. The van der Waals surface area contributed by atoms with E-state index in [1.165, 1.54) is 49.4 Å². The van der Waals surface area contributed by atoms with Crippen molar-refractivity contribution in [2.75, 3.05) is 17.3 Å². The molecule has 0 saturated heterocycles. The molecule has 194 valence electrons. The summed E-state index contributed by atoms with van der Waals surface area (Å²) in [5.74, 6) is 3.95. The Balaban J connectivity index is 4.92. The standard InChI is InChI=1S/C25H54S6Si/c1-8-9-16-32(17-10-13-29-23(5)20(2)26,18-11-14-30-24(6)21(3)27)19-12-15-31-25(7)22(4)28/h20-28H,8-19H2,1-7H3. The van der Waals surface area contributed by atoms with Crippen LogP contribution in [-0.2, 0) is 0 Å². The zero-order valence-corrected chi connectivity index (χ0v) is 28.1. The van der Waals surface area contributed by atoms with Crippen LogP contribution in [0.15, 0.2) is 0 Å². The summed E-state index contributed by atoms with van der Waals surface area (Å²) in [5, 5.41) is 3.45. The molecular weight excluding hydrogens is 521 g/mol. The minimum Gasteiger partial charge on any atom is -0.175 e. The van der Waals surface area contributed by atoms with Crippen molar-refractivity contribution in [3.8, 4) is 0 Å². The van der Waals surface area contributed by atoms with Gasteiger partial charge in [0.25, 0.3) is 0 Å². The Kier molecular flexibility index (Phi) is 21.9. The molecule has 0 radical (unpaired) electrons. The summed E-state index contributed by atoms with van der Waals surface area (Å²) in [6.45, 7) is 16.1. The Labute approximate surface area is 233 Å². The number of rotatable bonds is 21. The summed E-state index contributed by atoms with van der Waals surface area (Å²) in [6.07, 6.45) is 7.04. The highest BCUT2D eigenvalue weighted by molar-refractivity contribution is 8.01. The van der Waals surface area contributed by atoms with E-state index in [1.807, 2.05) is 0 Å². The first-order valence-electron chi connectivity index (χ1n) is 12.9. The van der Waals surface area contributed by atoms with Gasteiger partial charge in [0.05, 0.1) is 8.07 Å². The van der Waals surface area contributed by atoms with Gasteiger partial charge in [-0.05, 0) is 36.5 Å². The van der Waals surface area contributed by atoms with Crippen molar-refractivity contribution in [1.29, 1.82) is 0 Å². The van der Waals surface area contributed by atoms with Crippen LogP contribution in [0.5, 0.6) is 0 Å².